The van der Waals surface area contributed by atoms with Gasteiger partial charge in [-0.3, -0.25) is 9.69 Å². The van der Waals surface area contributed by atoms with E-state index in [0.29, 0.717) is 18.2 Å². The summed E-state index contributed by atoms with van der Waals surface area (Å²) in [5.41, 5.74) is 8.06. The number of primary amides is 1. The molecule has 2 fully saturated rings. The highest BCUT2D eigenvalue weighted by molar-refractivity contribution is 6.30. The number of ether oxygens (including phenoxy) is 1. The fourth-order valence-corrected chi connectivity index (χ4v) is 3.87. The van der Waals surface area contributed by atoms with Crippen LogP contribution in [0.4, 0.5) is 17.2 Å². The third kappa shape index (κ3) is 4.29. The summed E-state index contributed by atoms with van der Waals surface area (Å²) in [4.78, 5) is 25.2. The predicted octanol–water partition coefficient (Wildman–Crippen LogP) is 2.06. The third-order valence-electron chi connectivity index (χ3n) is 5.43. The molecule has 8 nitrogen and oxygen atoms in total. The summed E-state index contributed by atoms with van der Waals surface area (Å²) >= 11 is 6.16. The van der Waals surface area contributed by atoms with E-state index in [0.717, 1.165) is 45.1 Å². The molecule has 0 aliphatic carbocycles. The molecule has 3 heterocycles. The van der Waals surface area contributed by atoms with E-state index in [1.165, 1.54) is 5.69 Å². The summed E-state index contributed by atoms with van der Waals surface area (Å²) in [5.74, 6) is -0.374. The van der Waals surface area contributed by atoms with Crippen LogP contribution in [-0.2, 0) is 11.2 Å². The van der Waals surface area contributed by atoms with Crippen LogP contribution in [0.1, 0.15) is 23.1 Å². The second-order valence-electron chi connectivity index (χ2n) is 7.26. The predicted molar refractivity (Wildman–Crippen MR) is 113 cm³/mol. The van der Waals surface area contributed by atoms with Crippen LogP contribution >= 0.6 is 11.6 Å². The van der Waals surface area contributed by atoms with Crippen LogP contribution in [-0.4, -0.2) is 66.2 Å². The third-order valence-corrected chi connectivity index (χ3v) is 5.74. The first-order chi connectivity index (χ1) is 14.0. The Morgan fingerprint density at radius 1 is 1.21 bits per heavy atom. The Hall–Kier alpha value is -2.42. The first-order valence-electron chi connectivity index (χ1n) is 9.85. The zero-order valence-corrected chi connectivity index (χ0v) is 17.2. The topological polar surface area (TPSA) is 96.6 Å². The Morgan fingerprint density at radius 3 is 2.45 bits per heavy atom. The van der Waals surface area contributed by atoms with Gasteiger partial charge in [-0.15, -0.1) is 0 Å². The minimum Gasteiger partial charge on any atom is -0.378 e. The van der Waals surface area contributed by atoms with E-state index in [1.807, 2.05) is 19.1 Å². The van der Waals surface area contributed by atoms with E-state index in [9.17, 15) is 4.79 Å². The maximum absolute atomic E-state index is 11.8. The summed E-state index contributed by atoms with van der Waals surface area (Å²) < 4.78 is 5.30. The van der Waals surface area contributed by atoms with Gasteiger partial charge in [-0.25, -0.2) is 9.97 Å². The van der Waals surface area contributed by atoms with Crippen LogP contribution in [0.3, 0.4) is 0 Å². The number of halogens is 1. The molecule has 0 radical (unpaired) electrons. The van der Waals surface area contributed by atoms with Crippen LogP contribution in [0.15, 0.2) is 24.3 Å². The molecule has 29 heavy (non-hydrogen) atoms. The lowest BCUT2D eigenvalue weighted by Crippen LogP contribution is -2.56. The SMILES string of the molecule is CCc1nc(C(N)=O)c(Nc2ccc(N3CCN(C4COC4)CC3)cc2)nc1Cl. The van der Waals surface area contributed by atoms with E-state index in [1.54, 1.807) is 0 Å². The number of aromatic nitrogens is 2. The largest absolute Gasteiger partial charge is 0.378 e. The number of carbonyl (C=O) groups is 1. The van der Waals surface area contributed by atoms with Crippen molar-refractivity contribution in [3.05, 3.63) is 40.8 Å². The van der Waals surface area contributed by atoms with Gasteiger partial charge in [0.1, 0.15) is 0 Å². The van der Waals surface area contributed by atoms with E-state index < -0.39 is 5.91 Å². The molecular formula is C20H25ClN6O2. The molecule has 2 aliphatic rings. The molecule has 2 aliphatic heterocycles. The van der Waals surface area contributed by atoms with Gasteiger partial charge in [-0.05, 0) is 30.7 Å². The average molecular weight is 417 g/mol. The maximum atomic E-state index is 11.8. The van der Waals surface area contributed by atoms with Crippen molar-refractivity contribution in [1.82, 2.24) is 14.9 Å². The first kappa shape index (κ1) is 19.9. The molecule has 0 spiro atoms. The van der Waals surface area contributed by atoms with Crippen LogP contribution < -0.4 is 16.0 Å². The lowest BCUT2D eigenvalue weighted by atomic mass is 10.1. The number of nitrogens with two attached hydrogens (primary N) is 1. The lowest BCUT2D eigenvalue weighted by Gasteiger charge is -2.43. The normalized spacial score (nSPS) is 17.8. The van der Waals surface area contributed by atoms with Crippen molar-refractivity contribution in [3.8, 4) is 0 Å². The first-order valence-corrected chi connectivity index (χ1v) is 10.2. The summed E-state index contributed by atoms with van der Waals surface area (Å²) in [6.07, 6.45) is 0.572. The molecule has 0 unspecified atom stereocenters. The Labute approximate surface area is 175 Å². The standard InChI is InChI=1S/C20H25ClN6O2/c1-2-16-18(21)25-20(17(24-16)19(22)28)23-13-3-5-14(6-4-13)26-7-9-27(10-8-26)15-11-29-12-15/h3-6,15H,2,7-12H2,1H3,(H2,22,28)(H,23,25). The number of benzene rings is 1. The van der Waals surface area contributed by atoms with Gasteiger partial charge >= 0.3 is 0 Å². The highest BCUT2D eigenvalue weighted by atomic mass is 35.5. The van der Waals surface area contributed by atoms with E-state index in [2.05, 4.69) is 37.2 Å². The number of aryl methyl sites for hydroxylation is 1. The number of hydrogen-bond donors (Lipinski definition) is 2. The second kappa shape index (κ2) is 8.52. The summed E-state index contributed by atoms with van der Waals surface area (Å²) in [6.45, 7) is 7.71. The molecule has 1 aromatic carbocycles. The number of anilines is 3. The Bertz CT molecular complexity index is 879. The summed E-state index contributed by atoms with van der Waals surface area (Å²) in [7, 11) is 0. The van der Waals surface area contributed by atoms with E-state index in [4.69, 9.17) is 22.1 Å². The van der Waals surface area contributed by atoms with Gasteiger partial charge in [0.2, 0.25) is 0 Å². The van der Waals surface area contributed by atoms with Crippen molar-refractivity contribution < 1.29 is 9.53 Å². The van der Waals surface area contributed by atoms with Gasteiger partial charge in [-0.1, -0.05) is 18.5 Å². The molecule has 154 valence electrons. The monoisotopic (exact) mass is 416 g/mol. The maximum Gasteiger partial charge on any atom is 0.271 e. The minimum absolute atomic E-state index is 0.0893. The van der Waals surface area contributed by atoms with Gasteiger partial charge in [-0.2, -0.15) is 0 Å². The number of nitrogens with one attached hydrogen (secondary N) is 1. The van der Waals surface area contributed by atoms with Crippen LogP contribution in [0, 0.1) is 0 Å². The zero-order chi connectivity index (χ0) is 20.4. The number of amides is 1. The molecule has 3 N–H and O–H groups in total. The highest BCUT2D eigenvalue weighted by Gasteiger charge is 2.28. The minimum atomic E-state index is -0.641. The fourth-order valence-electron chi connectivity index (χ4n) is 3.61. The van der Waals surface area contributed by atoms with Crippen molar-refractivity contribution in [2.24, 2.45) is 5.73 Å². The highest BCUT2D eigenvalue weighted by Crippen LogP contribution is 2.25. The van der Waals surface area contributed by atoms with Gasteiger partial charge in [0.05, 0.1) is 24.9 Å². The van der Waals surface area contributed by atoms with Crippen molar-refractivity contribution >= 4 is 34.7 Å². The molecule has 1 aromatic heterocycles. The molecule has 0 atom stereocenters. The Balaban J connectivity index is 1.43. The zero-order valence-electron chi connectivity index (χ0n) is 16.4. The molecular weight excluding hydrogens is 392 g/mol. The van der Waals surface area contributed by atoms with Crippen molar-refractivity contribution in [2.45, 2.75) is 19.4 Å². The number of rotatable bonds is 6. The molecule has 1 amide bonds. The summed E-state index contributed by atoms with van der Waals surface area (Å²) in [5, 5.41) is 3.38. The smallest absolute Gasteiger partial charge is 0.271 e. The fraction of sp³-hybridized carbons (Fsp3) is 0.450. The van der Waals surface area contributed by atoms with Gasteiger partial charge in [0.25, 0.3) is 5.91 Å². The molecule has 2 aromatic rings. The average Bonchev–Trinajstić information content (AvgIpc) is 2.68. The second-order valence-corrected chi connectivity index (χ2v) is 7.62. The molecule has 4 rings (SSSR count). The Morgan fingerprint density at radius 2 is 1.90 bits per heavy atom. The van der Waals surface area contributed by atoms with Crippen molar-refractivity contribution in [3.63, 3.8) is 0 Å². The molecule has 0 saturated carbocycles. The number of carbonyl (C=O) groups excluding carboxylic acids is 1. The van der Waals surface area contributed by atoms with Crippen LogP contribution in [0.2, 0.25) is 5.15 Å². The van der Waals surface area contributed by atoms with Gasteiger partial charge < -0.3 is 20.7 Å². The van der Waals surface area contributed by atoms with Gasteiger partial charge in [0.15, 0.2) is 16.7 Å². The van der Waals surface area contributed by atoms with E-state index >= 15 is 0 Å². The van der Waals surface area contributed by atoms with Gasteiger partial charge in [0, 0.05) is 37.6 Å². The summed E-state index contributed by atoms with van der Waals surface area (Å²) in [6, 6.07) is 8.62. The van der Waals surface area contributed by atoms with Crippen LogP contribution in [0.5, 0.6) is 0 Å². The van der Waals surface area contributed by atoms with Crippen molar-refractivity contribution in [2.75, 3.05) is 49.6 Å². The number of nitrogens with zero attached hydrogens (tertiary/aromatic N) is 4. The quantitative estimate of drug-likeness (QED) is 0.743. The Kier molecular flexibility index (Phi) is 5.84. The molecule has 9 heteroatoms. The molecule has 0 bridgehead atoms. The number of hydrogen-bond acceptors (Lipinski definition) is 7. The van der Waals surface area contributed by atoms with Crippen molar-refractivity contribution in [1.29, 1.82) is 0 Å². The lowest BCUT2D eigenvalue weighted by molar-refractivity contribution is -0.0660. The van der Waals surface area contributed by atoms with E-state index in [-0.39, 0.29) is 16.7 Å². The number of piperazine rings is 1. The van der Waals surface area contributed by atoms with Crippen LogP contribution in [0.25, 0.3) is 0 Å². The molecule has 2 saturated heterocycles.